The van der Waals surface area contributed by atoms with Crippen LogP contribution in [-0.2, 0) is 4.79 Å². The molecule has 1 aliphatic rings. The second-order valence-corrected chi connectivity index (χ2v) is 7.72. The van der Waals surface area contributed by atoms with Gasteiger partial charge in [-0.2, -0.15) is 0 Å². The largest absolute Gasteiger partial charge is 0.478 e. The second kappa shape index (κ2) is 8.16. The summed E-state index contributed by atoms with van der Waals surface area (Å²) in [4.78, 5) is 25.1. The van der Waals surface area contributed by atoms with Crippen LogP contribution in [0.3, 0.4) is 0 Å². The van der Waals surface area contributed by atoms with Gasteiger partial charge in [-0.3, -0.25) is 5.32 Å². The molecule has 2 amide bonds. The fraction of sp³-hybridized carbons (Fsp3) is 0.250. The first-order valence-corrected chi connectivity index (χ1v) is 10.1. The molecular weight excluding hydrogens is 378 g/mol. The molecular formula is C24H25N3O3. The number of aliphatic carboxylic acids is 1. The van der Waals surface area contributed by atoms with Crippen LogP contribution < -0.4 is 16.0 Å². The Bertz CT molecular complexity index is 1070. The molecule has 154 valence electrons. The number of carbonyl (C=O) groups excluding carboxylic acids is 1. The number of rotatable bonds is 5. The SMILES string of the molecule is CC(NC(=O)NC1(C(=O)O)NCCC1c1ccc2ccccc2c1)c1ccccc1. The molecule has 6 heteroatoms. The Hall–Kier alpha value is -3.38. The molecule has 1 aliphatic heterocycles. The van der Waals surface area contributed by atoms with Crippen molar-refractivity contribution in [3.05, 3.63) is 83.9 Å². The third-order valence-electron chi connectivity index (χ3n) is 5.83. The van der Waals surface area contributed by atoms with Crippen molar-refractivity contribution < 1.29 is 14.7 Å². The van der Waals surface area contributed by atoms with E-state index in [1.807, 2.05) is 79.7 Å². The van der Waals surface area contributed by atoms with Gasteiger partial charge < -0.3 is 15.7 Å². The van der Waals surface area contributed by atoms with Gasteiger partial charge >= 0.3 is 12.0 Å². The van der Waals surface area contributed by atoms with Crippen LogP contribution in [0.15, 0.2) is 72.8 Å². The molecule has 0 bridgehead atoms. The minimum atomic E-state index is -1.57. The minimum absolute atomic E-state index is 0.252. The lowest BCUT2D eigenvalue weighted by Crippen LogP contribution is -2.65. The highest BCUT2D eigenvalue weighted by Gasteiger charge is 2.51. The molecule has 0 aliphatic carbocycles. The molecule has 0 spiro atoms. The zero-order valence-corrected chi connectivity index (χ0v) is 16.8. The third-order valence-corrected chi connectivity index (χ3v) is 5.83. The Morgan fingerprint density at radius 1 is 1.03 bits per heavy atom. The first kappa shape index (κ1) is 19.9. The van der Waals surface area contributed by atoms with Crippen molar-refractivity contribution >= 4 is 22.8 Å². The summed E-state index contributed by atoms with van der Waals surface area (Å²) in [7, 11) is 0. The monoisotopic (exact) mass is 403 g/mol. The molecule has 1 fully saturated rings. The first-order valence-electron chi connectivity index (χ1n) is 10.1. The van der Waals surface area contributed by atoms with E-state index in [1.165, 1.54) is 0 Å². The minimum Gasteiger partial charge on any atom is -0.478 e. The van der Waals surface area contributed by atoms with Crippen LogP contribution in [0, 0.1) is 0 Å². The fourth-order valence-electron chi connectivity index (χ4n) is 4.24. The van der Waals surface area contributed by atoms with Crippen molar-refractivity contribution in [1.82, 2.24) is 16.0 Å². The first-order chi connectivity index (χ1) is 14.5. The average Bonchev–Trinajstić information content (AvgIpc) is 3.18. The predicted molar refractivity (Wildman–Crippen MR) is 116 cm³/mol. The van der Waals surface area contributed by atoms with Crippen LogP contribution in [0.5, 0.6) is 0 Å². The van der Waals surface area contributed by atoms with E-state index in [0.29, 0.717) is 13.0 Å². The van der Waals surface area contributed by atoms with Gasteiger partial charge in [0.1, 0.15) is 0 Å². The number of urea groups is 1. The Kier molecular flexibility index (Phi) is 5.42. The highest BCUT2D eigenvalue weighted by Crippen LogP contribution is 2.36. The maximum Gasteiger partial charge on any atom is 0.345 e. The van der Waals surface area contributed by atoms with E-state index in [9.17, 15) is 14.7 Å². The molecule has 3 unspecified atom stereocenters. The van der Waals surface area contributed by atoms with Crippen molar-refractivity contribution in [3.63, 3.8) is 0 Å². The zero-order chi connectivity index (χ0) is 21.1. The van der Waals surface area contributed by atoms with E-state index in [0.717, 1.165) is 21.9 Å². The maximum absolute atomic E-state index is 12.8. The summed E-state index contributed by atoms with van der Waals surface area (Å²) in [5.41, 5.74) is 0.267. The molecule has 30 heavy (non-hydrogen) atoms. The van der Waals surface area contributed by atoms with E-state index >= 15 is 0 Å². The average molecular weight is 403 g/mol. The van der Waals surface area contributed by atoms with Gasteiger partial charge in [0.15, 0.2) is 5.66 Å². The Morgan fingerprint density at radius 3 is 2.47 bits per heavy atom. The molecule has 3 atom stereocenters. The number of hydrogen-bond acceptors (Lipinski definition) is 3. The Labute approximate surface area is 175 Å². The lowest BCUT2D eigenvalue weighted by Gasteiger charge is -2.33. The summed E-state index contributed by atoms with van der Waals surface area (Å²) in [6, 6.07) is 22.7. The molecule has 3 aromatic rings. The topological polar surface area (TPSA) is 90.5 Å². The Balaban J connectivity index is 1.58. The maximum atomic E-state index is 12.8. The highest BCUT2D eigenvalue weighted by atomic mass is 16.4. The number of carboxylic acid groups (broad SMARTS) is 1. The summed E-state index contributed by atoms with van der Waals surface area (Å²) in [5, 5.41) is 20.9. The van der Waals surface area contributed by atoms with Crippen molar-refractivity contribution in [3.8, 4) is 0 Å². The van der Waals surface area contributed by atoms with E-state index in [1.54, 1.807) is 0 Å². The predicted octanol–water partition coefficient (Wildman–Crippen LogP) is 3.76. The summed E-state index contributed by atoms with van der Waals surface area (Å²) in [5.74, 6) is -1.49. The molecule has 0 saturated carbocycles. The molecule has 1 heterocycles. The number of benzene rings is 3. The molecule has 4 rings (SSSR count). The highest BCUT2D eigenvalue weighted by molar-refractivity contribution is 5.88. The molecule has 1 saturated heterocycles. The number of fused-ring (bicyclic) bond motifs is 1. The summed E-state index contributed by atoms with van der Waals surface area (Å²) >= 11 is 0. The third kappa shape index (κ3) is 3.74. The number of hydrogen-bond donors (Lipinski definition) is 4. The van der Waals surface area contributed by atoms with E-state index < -0.39 is 23.6 Å². The molecule has 0 radical (unpaired) electrons. The summed E-state index contributed by atoms with van der Waals surface area (Å²) < 4.78 is 0. The number of nitrogens with one attached hydrogen (secondary N) is 3. The van der Waals surface area contributed by atoms with Crippen LogP contribution in [0.25, 0.3) is 10.8 Å². The summed E-state index contributed by atoms with van der Waals surface area (Å²) in [6.07, 6.45) is 0.610. The van der Waals surface area contributed by atoms with Crippen LogP contribution >= 0.6 is 0 Å². The van der Waals surface area contributed by atoms with E-state index in [4.69, 9.17) is 0 Å². The van der Waals surface area contributed by atoms with Crippen molar-refractivity contribution in [1.29, 1.82) is 0 Å². The zero-order valence-electron chi connectivity index (χ0n) is 16.8. The van der Waals surface area contributed by atoms with Gasteiger partial charge in [-0.05, 0) is 41.8 Å². The van der Waals surface area contributed by atoms with E-state index in [2.05, 4.69) is 16.0 Å². The van der Waals surface area contributed by atoms with Crippen LogP contribution in [-0.4, -0.2) is 29.3 Å². The van der Waals surface area contributed by atoms with Gasteiger partial charge in [-0.1, -0.05) is 72.8 Å². The standard InChI is InChI=1S/C24H25N3O3/c1-16(17-7-3-2-4-8-17)26-23(30)27-24(22(28)29)21(13-14-25-24)20-12-11-18-9-5-6-10-19(18)15-20/h2-12,15-16,21,25H,13-14H2,1H3,(H,28,29)(H2,26,27,30). The molecule has 0 aromatic heterocycles. The second-order valence-electron chi connectivity index (χ2n) is 7.72. The van der Waals surface area contributed by atoms with Gasteiger partial charge in [0, 0.05) is 5.92 Å². The lowest BCUT2D eigenvalue weighted by atomic mass is 9.85. The molecule has 3 aromatic carbocycles. The molecule has 4 N–H and O–H groups in total. The Morgan fingerprint density at radius 2 is 1.73 bits per heavy atom. The lowest BCUT2D eigenvalue weighted by molar-refractivity contribution is -0.146. The number of carbonyl (C=O) groups is 2. The van der Waals surface area contributed by atoms with Gasteiger partial charge in [0.2, 0.25) is 0 Å². The van der Waals surface area contributed by atoms with Crippen LogP contribution in [0.4, 0.5) is 4.79 Å². The van der Waals surface area contributed by atoms with Gasteiger partial charge in [0.05, 0.1) is 6.04 Å². The smallest absolute Gasteiger partial charge is 0.345 e. The quantitative estimate of drug-likeness (QED) is 0.522. The van der Waals surface area contributed by atoms with Crippen molar-refractivity contribution in [2.24, 2.45) is 0 Å². The van der Waals surface area contributed by atoms with E-state index in [-0.39, 0.29) is 6.04 Å². The normalized spacial score (nSPS) is 21.8. The van der Waals surface area contributed by atoms with Gasteiger partial charge in [-0.15, -0.1) is 0 Å². The van der Waals surface area contributed by atoms with Crippen molar-refractivity contribution in [2.45, 2.75) is 31.0 Å². The van der Waals surface area contributed by atoms with Gasteiger partial charge in [-0.25, -0.2) is 9.59 Å². The number of amides is 2. The van der Waals surface area contributed by atoms with Crippen LogP contribution in [0.2, 0.25) is 0 Å². The fourth-order valence-corrected chi connectivity index (χ4v) is 4.24. The van der Waals surface area contributed by atoms with Crippen LogP contribution in [0.1, 0.15) is 36.4 Å². The summed E-state index contributed by atoms with van der Waals surface area (Å²) in [6.45, 7) is 2.36. The van der Waals surface area contributed by atoms with Crippen molar-refractivity contribution in [2.75, 3.05) is 6.54 Å². The molecule has 6 nitrogen and oxygen atoms in total. The number of carboxylic acids is 1. The van der Waals surface area contributed by atoms with Gasteiger partial charge in [0.25, 0.3) is 0 Å².